The Bertz CT molecular complexity index is 163. The molecule has 0 saturated heterocycles. The summed E-state index contributed by atoms with van der Waals surface area (Å²) in [6, 6.07) is -1.06. The molecule has 0 heterocycles. The third kappa shape index (κ3) is 24.7. The van der Waals surface area contributed by atoms with Gasteiger partial charge in [-0.1, -0.05) is 0 Å². The average Bonchev–Trinajstić information content (AvgIpc) is 1.82. The van der Waals surface area contributed by atoms with Crippen molar-refractivity contribution in [3.05, 3.63) is 0 Å². The van der Waals surface area contributed by atoms with Crippen molar-refractivity contribution in [3.8, 4) is 0 Å². The van der Waals surface area contributed by atoms with Crippen molar-refractivity contribution in [1.29, 1.82) is 0 Å². The van der Waals surface area contributed by atoms with Gasteiger partial charge in [0.15, 0.2) is 0 Å². The molecule has 0 rings (SSSR count). The van der Waals surface area contributed by atoms with Crippen molar-refractivity contribution in [2.24, 2.45) is 5.73 Å². The minimum atomic E-state index is -1.17. The summed E-state index contributed by atoms with van der Waals surface area (Å²) in [5, 5.41) is 16.3. The molecule has 0 aliphatic rings. The first-order valence-corrected chi connectivity index (χ1v) is 2.74. The number of hydrogen-bond acceptors (Lipinski definition) is 3. The largest absolute Gasteiger partial charge is 2.00 e. The van der Waals surface area contributed by atoms with E-state index in [0.29, 0.717) is 0 Å². The number of carbonyl (C=O) groups is 2. The second kappa shape index (κ2) is 19.1. The van der Waals surface area contributed by atoms with Gasteiger partial charge in [-0.25, -0.2) is 0 Å². The molecule has 1 atom stereocenters. The fourth-order valence-corrected chi connectivity index (χ4v) is 0.402. The molecule has 0 amide bonds. The van der Waals surface area contributed by atoms with Gasteiger partial charge >= 0.3 is 35.0 Å². The Morgan fingerprint density at radius 1 is 1.13 bits per heavy atom. The summed E-state index contributed by atoms with van der Waals surface area (Å²) in [6.45, 7) is 0. The molecular formula is C5H19MgNO8. The molecular weight excluding hydrogens is 226 g/mol. The molecule has 0 spiro atoms. The summed E-state index contributed by atoms with van der Waals surface area (Å²) in [7, 11) is 0. The third-order valence-corrected chi connectivity index (χ3v) is 0.986. The summed E-state index contributed by atoms with van der Waals surface area (Å²) in [6.07, 6.45) is -0.224. The molecule has 10 heteroatoms. The number of rotatable bonds is 4. The molecule has 9 nitrogen and oxygen atoms in total. The number of carboxylic acid groups (broad SMARTS) is 2. The predicted octanol–water partition coefficient (Wildman–Crippen LogP) is -4.19. The summed E-state index contributed by atoms with van der Waals surface area (Å²) in [5.74, 6) is -2.20. The Morgan fingerprint density at radius 3 is 1.67 bits per heavy atom. The van der Waals surface area contributed by atoms with Crippen molar-refractivity contribution in [1.82, 2.24) is 0 Å². The van der Waals surface area contributed by atoms with Crippen LogP contribution in [0.25, 0.3) is 0 Å². The molecule has 0 aliphatic carbocycles. The van der Waals surface area contributed by atoms with Crippen LogP contribution in [0, 0.1) is 0 Å². The Kier molecular flexibility index (Phi) is 46.7. The van der Waals surface area contributed by atoms with Crippen LogP contribution in [-0.2, 0) is 9.59 Å². The van der Waals surface area contributed by atoms with Gasteiger partial charge in [-0.3, -0.25) is 9.59 Å². The minimum Gasteiger partial charge on any atom is -1.00 e. The molecule has 12 N–H and O–H groups in total. The molecule has 0 aromatic carbocycles. The zero-order valence-electron chi connectivity index (χ0n) is 9.99. The smallest absolute Gasteiger partial charge is 1.00 e. The zero-order chi connectivity index (χ0) is 8.15. The fraction of sp³-hybridized carbons (Fsp3) is 0.600. The fourth-order valence-electron chi connectivity index (χ4n) is 0.402. The monoisotopic (exact) mass is 245 g/mol. The third-order valence-electron chi connectivity index (χ3n) is 0.986. The van der Waals surface area contributed by atoms with E-state index in [1.165, 1.54) is 0 Å². The van der Waals surface area contributed by atoms with E-state index in [9.17, 15) is 9.59 Å². The summed E-state index contributed by atoms with van der Waals surface area (Å²) >= 11 is 0. The van der Waals surface area contributed by atoms with Crippen molar-refractivity contribution < 1.29 is 44.6 Å². The van der Waals surface area contributed by atoms with E-state index >= 15 is 0 Å². The number of carboxylic acids is 2. The number of hydrogen-bond donors (Lipinski definition) is 3. The van der Waals surface area contributed by atoms with E-state index in [-0.39, 0.29) is 60.7 Å². The van der Waals surface area contributed by atoms with Gasteiger partial charge in [-0.05, 0) is 6.42 Å². The van der Waals surface area contributed by atoms with Crippen LogP contribution in [0.15, 0.2) is 0 Å². The molecule has 0 radical (unpaired) electrons. The maximum atomic E-state index is 9.99. The van der Waals surface area contributed by atoms with Crippen LogP contribution in [0.3, 0.4) is 0 Å². The van der Waals surface area contributed by atoms with Crippen molar-refractivity contribution in [2.45, 2.75) is 18.9 Å². The molecule has 0 fully saturated rings. The first kappa shape index (κ1) is 36.6. The van der Waals surface area contributed by atoms with Crippen LogP contribution in [0.2, 0.25) is 0 Å². The maximum absolute atomic E-state index is 9.99. The van der Waals surface area contributed by atoms with E-state index in [2.05, 4.69) is 0 Å². The van der Waals surface area contributed by atoms with Crippen LogP contribution in [0.5, 0.6) is 0 Å². The molecule has 94 valence electrons. The maximum Gasteiger partial charge on any atom is 2.00 e. The van der Waals surface area contributed by atoms with E-state index in [1.54, 1.807) is 0 Å². The summed E-state index contributed by atoms with van der Waals surface area (Å²) < 4.78 is 0. The van der Waals surface area contributed by atoms with E-state index in [4.69, 9.17) is 15.9 Å². The number of nitrogens with two attached hydrogens (primary N) is 1. The first-order valence-electron chi connectivity index (χ1n) is 2.74. The SMILES string of the molecule is N[C@H](CCC(=O)O)C(=O)O.O.O.O.O.[H-].[H-].[Mg+2]. The van der Waals surface area contributed by atoms with Gasteiger partial charge < -0.3 is 40.7 Å². The summed E-state index contributed by atoms with van der Waals surface area (Å²) in [5.41, 5.74) is 5.00. The van der Waals surface area contributed by atoms with Gasteiger partial charge in [0.05, 0.1) is 0 Å². The van der Waals surface area contributed by atoms with Crippen molar-refractivity contribution in [3.63, 3.8) is 0 Å². The van der Waals surface area contributed by atoms with Gasteiger partial charge in [-0.15, -0.1) is 0 Å². The Labute approximate surface area is 105 Å². The molecule has 0 aliphatic heterocycles. The van der Waals surface area contributed by atoms with Crippen LogP contribution in [-0.4, -0.2) is 73.2 Å². The van der Waals surface area contributed by atoms with Gasteiger partial charge in [0.2, 0.25) is 0 Å². The Morgan fingerprint density at radius 2 is 1.47 bits per heavy atom. The van der Waals surface area contributed by atoms with E-state index < -0.39 is 18.0 Å². The normalized spacial score (nSPS) is 8.33. The molecule has 15 heavy (non-hydrogen) atoms. The Hall–Kier alpha value is -0.494. The first-order chi connectivity index (χ1) is 4.54. The van der Waals surface area contributed by atoms with Gasteiger partial charge in [0.25, 0.3) is 0 Å². The number of aliphatic carboxylic acids is 2. The quantitative estimate of drug-likeness (QED) is 0.417. The van der Waals surface area contributed by atoms with Gasteiger partial charge in [0, 0.05) is 6.42 Å². The van der Waals surface area contributed by atoms with Crippen molar-refractivity contribution in [2.75, 3.05) is 0 Å². The Balaban J connectivity index is -0.0000000193. The van der Waals surface area contributed by atoms with E-state index in [1.807, 2.05) is 0 Å². The van der Waals surface area contributed by atoms with Crippen LogP contribution >= 0.6 is 0 Å². The molecule has 0 unspecified atom stereocenters. The zero-order valence-corrected chi connectivity index (χ0v) is 9.40. The van der Waals surface area contributed by atoms with Crippen LogP contribution < -0.4 is 5.73 Å². The van der Waals surface area contributed by atoms with E-state index in [0.717, 1.165) is 0 Å². The molecule has 0 saturated carbocycles. The minimum absolute atomic E-state index is 0. The molecule has 0 bridgehead atoms. The van der Waals surface area contributed by atoms with Crippen LogP contribution in [0.4, 0.5) is 0 Å². The van der Waals surface area contributed by atoms with Gasteiger partial charge in [0.1, 0.15) is 6.04 Å². The predicted molar refractivity (Wildman–Crippen MR) is 54.9 cm³/mol. The second-order valence-electron chi connectivity index (χ2n) is 1.88. The van der Waals surface area contributed by atoms with Gasteiger partial charge in [-0.2, -0.15) is 0 Å². The van der Waals surface area contributed by atoms with Crippen LogP contribution in [0.1, 0.15) is 15.7 Å². The second-order valence-corrected chi connectivity index (χ2v) is 1.88. The average molecular weight is 246 g/mol. The van der Waals surface area contributed by atoms with Crippen molar-refractivity contribution >= 4 is 35.0 Å². The topological polar surface area (TPSA) is 227 Å². The standard InChI is InChI=1S/C5H9NO4.Mg.4H2O.2H/c6-3(5(9)10)1-2-4(7)8;;;;;;;/h3H,1-2,6H2,(H,7,8)(H,9,10);;4*1H2;;/q;+2;;;;;2*-1/t3-;;;;;;;/m1......./s1. The molecule has 0 aromatic heterocycles. The summed E-state index contributed by atoms with van der Waals surface area (Å²) in [4.78, 5) is 19.9. The molecule has 0 aromatic rings.